The molecule has 0 aliphatic heterocycles. The zero-order chi connectivity index (χ0) is 21.9. The number of allylic oxidation sites excluding steroid dienone is 1. The van der Waals surface area contributed by atoms with Crippen molar-refractivity contribution in [2.45, 2.75) is 82.5 Å². The average molecular weight is 419 g/mol. The van der Waals surface area contributed by atoms with E-state index in [1.54, 1.807) is 11.4 Å². The number of nitrogens with one attached hydrogen (secondary N) is 3. The van der Waals surface area contributed by atoms with E-state index in [0.717, 1.165) is 44.9 Å². The summed E-state index contributed by atoms with van der Waals surface area (Å²) in [5.74, 6) is -3.36. The van der Waals surface area contributed by atoms with Gasteiger partial charge in [0.1, 0.15) is 12.1 Å². The lowest BCUT2D eigenvalue weighted by Crippen LogP contribution is -2.57. The van der Waals surface area contributed by atoms with E-state index in [-0.39, 0.29) is 18.2 Å². The molecule has 3 amide bonds. The van der Waals surface area contributed by atoms with Gasteiger partial charge in [0.05, 0.1) is 0 Å². The molecule has 1 rings (SSSR count). The fourth-order valence-corrected chi connectivity index (χ4v) is 3.60. The second-order valence-electron chi connectivity index (χ2n) is 7.45. The Balaban J connectivity index is 2.83. The van der Waals surface area contributed by atoms with Crippen molar-refractivity contribution in [2.24, 2.45) is 5.92 Å². The van der Waals surface area contributed by atoms with Crippen molar-refractivity contribution in [2.75, 3.05) is 7.05 Å². The van der Waals surface area contributed by atoms with Gasteiger partial charge in [-0.05, 0) is 38.0 Å². The SMILES string of the molecule is C=CCCCCC[C@@H](NC(=O)C(F)(F)F)C(=O)N[C@H](C(=O)NC)C1CCCCC1. The van der Waals surface area contributed by atoms with Gasteiger partial charge in [-0.25, -0.2) is 0 Å². The van der Waals surface area contributed by atoms with Crippen molar-refractivity contribution in [3.05, 3.63) is 12.7 Å². The highest BCUT2D eigenvalue weighted by atomic mass is 19.4. The molecule has 1 fully saturated rings. The molecule has 0 bridgehead atoms. The van der Waals surface area contributed by atoms with Crippen LogP contribution in [-0.4, -0.2) is 43.0 Å². The number of hydrogen-bond donors (Lipinski definition) is 3. The minimum atomic E-state index is -5.08. The van der Waals surface area contributed by atoms with Crippen LogP contribution in [0.1, 0.15) is 64.2 Å². The molecule has 0 aromatic rings. The van der Waals surface area contributed by atoms with Crippen LogP contribution in [-0.2, 0) is 14.4 Å². The molecular weight excluding hydrogens is 387 g/mol. The first kappa shape index (κ1) is 25.0. The van der Waals surface area contributed by atoms with Crippen LogP contribution < -0.4 is 16.0 Å². The maximum atomic E-state index is 12.7. The lowest BCUT2D eigenvalue weighted by atomic mass is 9.83. The van der Waals surface area contributed by atoms with Gasteiger partial charge in [-0.15, -0.1) is 6.58 Å². The summed E-state index contributed by atoms with van der Waals surface area (Å²) >= 11 is 0. The highest BCUT2D eigenvalue weighted by molar-refractivity contribution is 5.93. The molecule has 0 heterocycles. The van der Waals surface area contributed by atoms with E-state index in [0.29, 0.717) is 12.8 Å². The van der Waals surface area contributed by atoms with Crippen LogP contribution in [0.5, 0.6) is 0 Å². The minimum Gasteiger partial charge on any atom is -0.357 e. The van der Waals surface area contributed by atoms with Gasteiger partial charge in [-0.1, -0.05) is 38.2 Å². The number of unbranched alkanes of at least 4 members (excludes halogenated alkanes) is 3. The monoisotopic (exact) mass is 419 g/mol. The Hall–Kier alpha value is -2.06. The Bertz CT molecular complexity index is 561. The van der Waals surface area contributed by atoms with Gasteiger partial charge in [-0.3, -0.25) is 14.4 Å². The molecule has 1 saturated carbocycles. The van der Waals surface area contributed by atoms with Crippen LogP contribution in [0, 0.1) is 5.92 Å². The van der Waals surface area contributed by atoms with Gasteiger partial charge >= 0.3 is 12.1 Å². The van der Waals surface area contributed by atoms with E-state index in [4.69, 9.17) is 0 Å². The van der Waals surface area contributed by atoms with E-state index in [2.05, 4.69) is 17.2 Å². The summed E-state index contributed by atoms with van der Waals surface area (Å²) in [5.41, 5.74) is 0. The Morgan fingerprint density at radius 1 is 1.03 bits per heavy atom. The molecule has 0 spiro atoms. The first-order valence-electron chi connectivity index (χ1n) is 10.2. The molecule has 3 N–H and O–H groups in total. The second-order valence-corrected chi connectivity index (χ2v) is 7.45. The third kappa shape index (κ3) is 8.87. The molecule has 1 aliphatic rings. The van der Waals surface area contributed by atoms with E-state index in [1.807, 2.05) is 0 Å². The largest absolute Gasteiger partial charge is 0.471 e. The lowest BCUT2D eigenvalue weighted by molar-refractivity contribution is -0.174. The summed E-state index contributed by atoms with van der Waals surface area (Å²) in [4.78, 5) is 36.4. The van der Waals surface area contributed by atoms with E-state index < -0.39 is 30.1 Å². The quantitative estimate of drug-likeness (QED) is 0.355. The lowest BCUT2D eigenvalue weighted by Gasteiger charge is -2.31. The van der Waals surface area contributed by atoms with Crippen LogP contribution in [0.3, 0.4) is 0 Å². The van der Waals surface area contributed by atoms with Crippen molar-refractivity contribution >= 4 is 17.7 Å². The number of amides is 3. The highest BCUT2D eigenvalue weighted by Crippen LogP contribution is 2.27. The molecule has 2 atom stereocenters. The molecule has 29 heavy (non-hydrogen) atoms. The molecular formula is C20H32F3N3O3. The van der Waals surface area contributed by atoms with E-state index in [9.17, 15) is 27.6 Å². The van der Waals surface area contributed by atoms with Gasteiger partial charge in [0, 0.05) is 7.05 Å². The third-order valence-corrected chi connectivity index (χ3v) is 5.23. The van der Waals surface area contributed by atoms with E-state index in [1.165, 1.54) is 7.05 Å². The van der Waals surface area contributed by atoms with Gasteiger partial charge in [-0.2, -0.15) is 13.2 Å². The molecule has 0 aromatic heterocycles. The third-order valence-electron chi connectivity index (χ3n) is 5.23. The van der Waals surface area contributed by atoms with Crippen molar-refractivity contribution < 1.29 is 27.6 Å². The molecule has 0 unspecified atom stereocenters. The fraction of sp³-hybridized carbons (Fsp3) is 0.750. The summed E-state index contributed by atoms with van der Waals surface area (Å²) in [5, 5.41) is 6.89. The van der Waals surface area contributed by atoms with Crippen LogP contribution in [0.4, 0.5) is 13.2 Å². The molecule has 166 valence electrons. The van der Waals surface area contributed by atoms with Crippen molar-refractivity contribution in [1.82, 2.24) is 16.0 Å². The van der Waals surface area contributed by atoms with Crippen molar-refractivity contribution in [3.63, 3.8) is 0 Å². The van der Waals surface area contributed by atoms with Gasteiger partial charge in [0.2, 0.25) is 11.8 Å². The van der Waals surface area contributed by atoms with Gasteiger partial charge in [0.15, 0.2) is 0 Å². The zero-order valence-electron chi connectivity index (χ0n) is 16.9. The highest BCUT2D eigenvalue weighted by Gasteiger charge is 2.41. The molecule has 6 nitrogen and oxygen atoms in total. The second kappa shape index (κ2) is 12.5. The van der Waals surface area contributed by atoms with Crippen LogP contribution in [0.25, 0.3) is 0 Å². The average Bonchev–Trinajstić information content (AvgIpc) is 2.70. The van der Waals surface area contributed by atoms with Crippen molar-refractivity contribution in [3.8, 4) is 0 Å². The van der Waals surface area contributed by atoms with Gasteiger partial charge in [0.25, 0.3) is 0 Å². The predicted molar refractivity (Wildman–Crippen MR) is 104 cm³/mol. The molecule has 9 heteroatoms. The molecule has 0 saturated heterocycles. The topological polar surface area (TPSA) is 87.3 Å². The Kier molecular flexibility index (Phi) is 10.8. The summed E-state index contributed by atoms with van der Waals surface area (Å²) < 4.78 is 38.0. The Morgan fingerprint density at radius 2 is 1.69 bits per heavy atom. The first-order chi connectivity index (χ1) is 13.7. The summed E-state index contributed by atoms with van der Waals surface area (Å²) in [6, 6.07) is -2.16. The molecule has 1 aliphatic carbocycles. The zero-order valence-corrected chi connectivity index (χ0v) is 16.9. The summed E-state index contributed by atoms with van der Waals surface area (Å²) in [6.45, 7) is 3.61. The van der Waals surface area contributed by atoms with Crippen LogP contribution in [0.15, 0.2) is 12.7 Å². The standard InChI is InChI=1S/C20H32F3N3O3/c1-3-4-5-6-10-13-15(25-19(29)20(21,22)23)17(27)26-16(18(28)24-2)14-11-8-7-9-12-14/h3,14-16H,1,4-13H2,2H3,(H,24,28)(H,25,29)(H,26,27)/t15-,16+/m1/s1. The summed E-state index contributed by atoms with van der Waals surface area (Å²) in [7, 11) is 1.45. The Labute approximate surface area is 170 Å². The fourth-order valence-electron chi connectivity index (χ4n) is 3.60. The number of alkyl halides is 3. The molecule has 0 radical (unpaired) electrons. The van der Waals surface area contributed by atoms with Gasteiger partial charge < -0.3 is 16.0 Å². The molecule has 0 aromatic carbocycles. The number of carbonyl (C=O) groups is 3. The number of rotatable bonds is 11. The smallest absolute Gasteiger partial charge is 0.357 e. The minimum absolute atomic E-state index is 0.0654. The van der Waals surface area contributed by atoms with Crippen molar-refractivity contribution in [1.29, 1.82) is 0 Å². The maximum absolute atomic E-state index is 12.7. The van der Waals surface area contributed by atoms with Crippen LogP contribution >= 0.6 is 0 Å². The predicted octanol–water partition coefficient (Wildman–Crippen LogP) is 2.98. The normalized spacial score (nSPS) is 17.1. The van der Waals surface area contributed by atoms with E-state index >= 15 is 0 Å². The van der Waals surface area contributed by atoms with Crippen LogP contribution in [0.2, 0.25) is 0 Å². The number of carbonyl (C=O) groups excluding carboxylic acids is 3. The number of hydrogen-bond acceptors (Lipinski definition) is 3. The first-order valence-corrected chi connectivity index (χ1v) is 10.2. The number of halogens is 3. The number of likely N-dealkylation sites (N-methyl/N-ethyl adjacent to an activating group) is 1. The maximum Gasteiger partial charge on any atom is 0.471 e. The Morgan fingerprint density at radius 3 is 2.24 bits per heavy atom. The summed E-state index contributed by atoms with van der Waals surface area (Å²) in [6.07, 6.45) is 3.92.